The van der Waals surface area contributed by atoms with Crippen molar-refractivity contribution in [3.63, 3.8) is 0 Å². The van der Waals surface area contributed by atoms with Gasteiger partial charge in [0.2, 0.25) is 11.7 Å². The quantitative estimate of drug-likeness (QED) is 0.506. The monoisotopic (exact) mass is 458 g/mol. The zero-order valence-corrected chi connectivity index (χ0v) is 17.6. The van der Waals surface area contributed by atoms with Crippen molar-refractivity contribution in [1.29, 1.82) is 0 Å². The number of ether oxygens (including phenoxy) is 3. The van der Waals surface area contributed by atoms with Crippen LogP contribution in [0, 0.1) is 0 Å². The fraction of sp³-hybridized carbons (Fsp3) is 0.158. The SMILES string of the molecule is COc1cc(Nc2nc(N3NNc4ccccc43)ncc2Br)cc(OC)c1OC. The van der Waals surface area contributed by atoms with Gasteiger partial charge in [-0.3, -0.25) is 0 Å². The molecule has 2 heterocycles. The molecule has 1 aliphatic rings. The molecule has 1 aliphatic heterocycles. The minimum atomic E-state index is 0.473. The van der Waals surface area contributed by atoms with Crippen molar-refractivity contribution in [1.82, 2.24) is 15.5 Å². The summed E-state index contributed by atoms with van der Waals surface area (Å²) in [5.74, 6) is 2.65. The number of para-hydroxylation sites is 2. The fourth-order valence-corrected chi connectivity index (χ4v) is 3.24. The minimum Gasteiger partial charge on any atom is -0.493 e. The number of benzene rings is 2. The normalized spacial score (nSPS) is 12.2. The molecular formula is C19H19BrN6O3. The molecule has 0 spiro atoms. The number of fused-ring (bicyclic) bond motifs is 1. The fourth-order valence-electron chi connectivity index (χ4n) is 2.95. The standard InChI is InChI=1S/C19H19BrN6O3/c1-27-15-8-11(9-16(28-2)17(15)29-3)22-18-12(20)10-21-19(23-18)26-14-7-5-4-6-13(14)24-25-26/h4-10,24-25H,1-3H3,(H,21,22,23). The van der Waals surface area contributed by atoms with Crippen LogP contribution in [0.3, 0.4) is 0 Å². The molecule has 3 aromatic rings. The predicted molar refractivity (Wildman–Crippen MR) is 114 cm³/mol. The highest BCUT2D eigenvalue weighted by molar-refractivity contribution is 9.10. The van der Waals surface area contributed by atoms with Crippen LogP contribution in [0.1, 0.15) is 0 Å². The average Bonchev–Trinajstić information content (AvgIpc) is 3.18. The van der Waals surface area contributed by atoms with E-state index in [1.807, 2.05) is 24.3 Å². The maximum absolute atomic E-state index is 5.42. The van der Waals surface area contributed by atoms with Crippen LogP contribution >= 0.6 is 15.9 Å². The Morgan fingerprint density at radius 2 is 1.76 bits per heavy atom. The number of methoxy groups -OCH3 is 3. The topological polar surface area (TPSA) is 92.8 Å². The number of halogens is 1. The molecule has 3 N–H and O–H groups in total. The van der Waals surface area contributed by atoms with E-state index in [0.29, 0.717) is 33.5 Å². The molecule has 0 aliphatic carbocycles. The van der Waals surface area contributed by atoms with Gasteiger partial charge in [0, 0.05) is 24.0 Å². The third-order valence-corrected chi connectivity index (χ3v) is 4.89. The minimum absolute atomic E-state index is 0.473. The van der Waals surface area contributed by atoms with Gasteiger partial charge in [-0.2, -0.15) is 4.98 Å². The van der Waals surface area contributed by atoms with E-state index in [9.17, 15) is 0 Å². The van der Waals surface area contributed by atoms with Gasteiger partial charge in [-0.1, -0.05) is 12.1 Å². The second-order valence-electron chi connectivity index (χ2n) is 5.99. The van der Waals surface area contributed by atoms with E-state index in [-0.39, 0.29) is 0 Å². The van der Waals surface area contributed by atoms with E-state index in [1.54, 1.807) is 44.7 Å². The number of anilines is 5. The van der Waals surface area contributed by atoms with Gasteiger partial charge in [0.25, 0.3) is 0 Å². The van der Waals surface area contributed by atoms with E-state index in [1.165, 1.54) is 0 Å². The van der Waals surface area contributed by atoms with Gasteiger partial charge < -0.3 is 25.0 Å². The molecule has 0 fully saturated rings. The van der Waals surface area contributed by atoms with E-state index in [0.717, 1.165) is 17.1 Å². The summed E-state index contributed by atoms with van der Waals surface area (Å²) in [5, 5.41) is 5.04. The molecular weight excluding hydrogens is 440 g/mol. The highest BCUT2D eigenvalue weighted by Crippen LogP contribution is 2.41. The van der Waals surface area contributed by atoms with Gasteiger partial charge >= 0.3 is 0 Å². The number of nitrogens with one attached hydrogen (secondary N) is 3. The maximum Gasteiger partial charge on any atom is 0.248 e. The van der Waals surface area contributed by atoms with E-state index in [2.05, 4.69) is 42.2 Å². The second kappa shape index (κ2) is 8.02. The van der Waals surface area contributed by atoms with Gasteiger partial charge in [-0.05, 0) is 28.1 Å². The Bertz CT molecular complexity index is 1020. The van der Waals surface area contributed by atoms with Crippen LogP contribution in [-0.4, -0.2) is 31.3 Å². The van der Waals surface area contributed by atoms with E-state index < -0.39 is 0 Å². The number of nitrogens with zero attached hydrogens (tertiary/aromatic N) is 3. The van der Waals surface area contributed by atoms with Crippen molar-refractivity contribution in [2.45, 2.75) is 0 Å². The first kappa shape index (κ1) is 19.1. The molecule has 1 aromatic heterocycles. The first-order chi connectivity index (χ1) is 14.1. The van der Waals surface area contributed by atoms with Gasteiger partial charge in [0.1, 0.15) is 5.82 Å². The summed E-state index contributed by atoms with van der Waals surface area (Å²) in [6.07, 6.45) is 1.69. The van der Waals surface area contributed by atoms with Crippen LogP contribution in [0.2, 0.25) is 0 Å². The van der Waals surface area contributed by atoms with Crippen LogP contribution in [0.5, 0.6) is 17.2 Å². The molecule has 0 saturated carbocycles. The summed E-state index contributed by atoms with van der Waals surface area (Å²) in [4.78, 5) is 9.06. The van der Waals surface area contributed by atoms with Crippen LogP contribution in [0.4, 0.5) is 28.8 Å². The molecule has 0 unspecified atom stereocenters. The molecule has 0 atom stereocenters. The largest absolute Gasteiger partial charge is 0.493 e. The third-order valence-electron chi connectivity index (χ3n) is 4.31. The summed E-state index contributed by atoms with van der Waals surface area (Å²) >= 11 is 3.50. The number of hydrogen-bond donors (Lipinski definition) is 3. The molecule has 0 bridgehead atoms. The van der Waals surface area contributed by atoms with E-state index >= 15 is 0 Å². The van der Waals surface area contributed by atoms with Crippen LogP contribution in [-0.2, 0) is 0 Å². The molecule has 0 amide bonds. The number of rotatable bonds is 6. The van der Waals surface area contributed by atoms with Gasteiger partial charge in [-0.15, -0.1) is 5.53 Å². The van der Waals surface area contributed by atoms with Crippen molar-refractivity contribution in [3.05, 3.63) is 47.1 Å². The highest BCUT2D eigenvalue weighted by Gasteiger charge is 2.22. The summed E-state index contributed by atoms with van der Waals surface area (Å²) < 4.78 is 16.9. The summed E-state index contributed by atoms with van der Waals surface area (Å²) in [7, 11) is 4.71. The summed E-state index contributed by atoms with van der Waals surface area (Å²) in [6.45, 7) is 0. The lowest BCUT2D eigenvalue weighted by molar-refractivity contribution is 0.324. The van der Waals surface area contributed by atoms with E-state index in [4.69, 9.17) is 14.2 Å². The maximum atomic E-state index is 5.42. The Kier molecular flexibility index (Phi) is 5.28. The molecule has 10 heteroatoms. The van der Waals surface area contributed by atoms with Crippen LogP contribution < -0.4 is 35.5 Å². The number of hydrogen-bond acceptors (Lipinski definition) is 9. The predicted octanol–water partition coefficient (Wildman–Crippen LogP) is 3.99. The Labute approximate surface area is 176 Å². The van der Waals surface area contributed by atoms with Gasteiger partial charge in [-0.25, -0.2) is 9.99 Å². The summed E-state index contributed by atoms with van der Waals surface area (Å²) in [6, 6.07) is 11.5. The van der Waals surface area contributed by atoms with Crippen LogP contribution in [0.15, 0.2) is 47.1 Å². The Morgan fingerprint density at radius 1 is 1.03 bits per heavy atom. The molecule has 29 heavy (non-hydrogen) atoms. The van der Waals surface area contributed by atoms with Crippen molar-refractivity contribution < 1.29 is 14.2 Å². The molecule has 0 radical (unpaired) electrons. The molecule has 4 rings (SSSR count). The zero-order valence-electron chi connectivity index (χ0n) is 16.0. The summed E-state index contributed by atoms with van der Waals surface area (Å²) in [5.41, 5.74) is 8.74. The second-order valence-corrected chi connectivity index (χ2v) is 6.85. The Morgan fingerprint density at radius 3 is 2.45 bits per heavy atom. The van der Waals surface area contributed by atoms with Gasteiger partial charge in [0.15, 0.2) is 11.5 Å². The van der Waals surface area contributed by atoms with Crippen molar-refractivity contribution in [2.75, 3.05) is 37.1 Å². The van der Waals surface area contributed by atoms with Crippen molar-refractivity contribution in [3.8, 4) is 17.2 Å². The molecule has 9 nitrogen and oxygen atoms in total. The lowest BCUT2D eigenvalue weighted by Crippen LogP contribution is -2.33. The van der Waals surface area contributed by atoms with Crippen molar-refractivity contribution >= 4 is 44.8 Å². The lowest BCUT2D eigenvalue weighted by atomic mass is 10.2. The lowest BCUT2D eigenvalue weighted by Gasteiger charge is -2.18. The van der Waals surface area contributed by atoms with Crippen LogP contribution in [0.25, 0.3) is 0 Å². The third kappa shape index (κ3) is 3.59. The Hall–Kier alpha value is -3.24. The smallest absolute Gasteiger partial charge is 0.248 e. The number of aromatic nitrogens is 2. The van der Waals surface area contributed by atoms with Crippen molar-refractivity contribution in [2.24, 2.45) is 0 Å². The van der Waals surface area contributed by atoms with Gasteiger partial charge in [0.05, 0.1) is 37.2 Å². The zero-order chi connectivity index (χ0) is 20.4. The highest BCUT2D eigenvalue weighted by atomic mass is 79.9. The average molecular weight is 459 g/mol. The Balaban J connectivity index is 1.68. The molecule has 150 valence electrons. The first-order valence-electron chi connectivity index (χ1n) is 8.65. The first-order valence-corrected chi connectivity index (χ1v) is 9.44. The molecule has 2 aromatic carbocycles. The number of hydrazine groups is 2. The molecule has 0 saturated heterocycles.